The van der Waals surface area contributed by atoms with Gasteiger partial charge in [-0.25, -0.2) is 0 Å². The molecule has 0 aromatic heterocycles. The van der Waals surface area contributed by atoms with Crippen LogP contribution in [0.5, 0.6) is 5.75 Å². The minimum Gasteiger partial charge on any atom is -0.479 e. The fraction of sp³-hybridized carbons (Fsp3) is 0.222. The third-order valence-corrected chi connectivity index (χ3v) is 3.82. The highest BCUT2D eigenvalue weighted by molar-refractivity contribution is 7.80. The predicted octanol–water partition coefficient (Wildman–Crippen LogP) is 4.05. The van der Waals surface area contributed by atoms with Crippen molar-refractivity contribution in [2.45, 2.75) is 20.0 Å². The highest BCUT2D eigenvalue weighted by Crippen LogP contribution is 2.24. The van der Waals surface area contributed by atoms with Gasteiger partial charge in [-0.1, -0.05) is 23.7 Å². The highest BCUT2D eigenvalue weighted by Gasteiger charge is 2.16. The van der Waals surface area contributed by atoms with Gasteiger partial charge in [0.25, 0.3) is 5.91 Å². The van der Waals surface area contributed by atoms with E-state index in [0.717, 1.165) is 12.2 Å². The molecule has 0 aliphatic carbocycles. The van der Waals surface area contributed by atoms with Crippen molar-refractivity contribution in [1.29, 1.82) is 0 Å². The van der Waals surface area contributed by atoms with E-state index in [9.17, 15) is 4.79 Å². The van der Waals surface area contributed by atoms with Crippen LogP contribution in [0.2, 0.25) is 5.02 Å². The zero-order chi connectivity index (χ0) is 18.2. The minimum absolute atomic E-state index is 0.260. The molecule has 0 saturated carbocycles. The fourth-order valence-electron chi connectivity index (χ4n) is 2.00. The zero-order valence-electron chi connectivity index (χ0n) is 14.0. The van der Waals surface area contributed by atoms with Crippen molar-refractivity contribution in [3.8, 4) is 5.75 Å². The second kappa shape index (κ2) is 9.25. The molecular formula is C18H20ClN3O2S. The number of hydrogen-bond acceptors (Lipinski definition) is 3. The summed E-state index contributed by atoms with van der Waals surface area (Å²) in [6.07, 6.45) is -0.681. The first kappa shape index (κ1) is 19.0. The Labute approximate surface area is 157 Å². The van der Waals surface area contributed by atoms with Crippen LogP contribution in [0.3, 0.4) is 0 Å². The molecule has 0 heterocycles. The van der Waals surface area contributed by atoms with E-state index in [2.05, 4.69) is 16.0 Å². The van der Waals surface area contributed by atoms with E-state index in [0.29, 0.717) is 21.6 Å². The number of para-hydroxylation sites is 1. The minimum atomic E-state index is -0.681. The summed E-state index contributed by atoms with van der Waals surface area (Å²) in [6.45, 7) is 4.39. The third kappa shape index (κ3) is 5.92. The van der Waals surface area contributed by atoms with Crippen molar-refractivity contribution in [3.63, 3.8) is 0 Å². The number of carbonyl (C=O) groups excluding carboxylic acids is 1. The van der Waals surface area contributed by atoms with Crippen LogP contribution >= 0.6 is 23.8 Å². The van der Waals surface area contributed by atoms with Crippen molar-refractivity contribution < 1.29 is 9.53 Å². The number of nitrogens with one attached hydrogen (secondary N) is 3. The predicted molar refractivity (Wildman–Crippen MR) is 107 cm³/mol. The average Bonchev–Trinajstić information content (AvgIpc) is 2.59. The number of benzene rings is 2. The quantitative estimate of drug-likeness (QED) is 0.663. The van der Waals surface area contributed by atoms with Crippen molar-refractivity contribution >= 4 is 46.2 Å². The molecule has 7 heteroatoms. The molecule has 0 spiro atoms. The zero-order valence-corrected chi connectivity index (χ0v) is 15.6. The summed E-state index contributed by atoms with van der Waals surface area (Å²) >= 11 is 11.2. The van der Waals surface area contributed by atoms with Gasteiger partial charge >= 0.3 is 0 Å². The van der Waals surface area contributed by atoms with Gasteiger partial charge in [0.15, 0.2) is 11.2 Å². The van der Waals surface area contributed by atoms with Gasteiger partial charge < -0.3 is 20.7 Å². The molecule has 3 N–H and O–H groups in total. The molecule has 0 fully saturated rings. The Kier molecular flexibility index (Phi) is 7.03. The second-order valence-electron chi connectivity index (χ2n) is 5.24. The van der Waals surface area contributed by atoms with Crippen LogP contribution in [0, 0.1) is 0 Å². The number of rotatable bonds is 6. The number of amides is 1. The van der Waals surface area contributed by atoms with Gasteiger partial charge in [-0.15, -0.1) is 0 Å². The van der Waals surface area contributed by atoms with Crippen LogP contribution in [0.4, 0.5) is 11.4 Å². The summed E-state index contributed by atoms with van der Waals surface area (Å²) in [7, 11) is 0. The third-order valence-electron chi connectivity index (χ3n) is 3.26. The molecule has 132 valence electrons. The Morgan fingerprint density at radius 3 is 2.32 bits per heavy atom. The van der Waals surface area contributed by atoms with E-state index in [1.807, 2.05) is 19.1 Å². The summed E-state index contributed by atoms with van der Waals surface area (Å²) in [5.74, 6) is 0.215. The molecule has 2 aromatic rings. The lowest BCUT2D eigenvalue weighted by Gasteiger charge is -2.16. The maximum absolute atomic E-state index is 12.3. The van der Waals surface area contributed by atoms with Crippen LogP contribution in [0.15, 0.2) is 48.5 Å². The van der Waals surface area contributed by atoms with Crippen LogP contribution in [-0.4, -0.2) is 23.7 Å². The fourth-order valence-corrected chi connectivity index (χ4v) is 2.44. The van der Waals surface area contributed by atoms with Gasteiger partial charge in [0.05, 0.1) is 5.02 Å². The molecule has 0 radical (unpaired) electrons. The second-order valence-corrected chi connectivity index (χ2v) is 6.06. The lowest BCUT2D eigenvalue weighted by atomic mass is 10.2. The Bertz CT molecular complexity index is 737. The number of carbonyl (C=O) groups is 1. The number of thiocarbonyl (C=S) groups is 1. The smallest absolute Gasteiger partial charge is 0.265 e. The molecule has 25 heavy (non-hydrogen) atoms. The molecule has 1 atom stereocenters. The molecule has 5 nitrogen and oxygen atoms in total. The Morgan fingerprint density at radius 2 is 1.72 bits per heavy atom. The number of halogens is 1. The molecule has 1 unspecified atom stereocenters. The SMILES string of the molecule is CCNC(=S)Nc1ccc(NC(=O)C(C)Oc2ccccc2Cl)cc1. The van der Waals surface area contributed by atoms with Crippen molar-refractivity contribution in [3.05, 3.63) is 53.6 Å². The largest absolute Gasteiger partial charge is 0.479 e. The van der Waals surface area contributed by atoms with Crippen molar-refractivity contribution in [2.75, 3.05) is 17.2 Å². The molecule has 2 aromatic carbocycles. The van der Waals surface area contributed by atoms with E-state index in [1.54, 1.807) is 43.3 Å². The summed E-state index contributed by atoms with van der Waals surface area (Å²) in [5, 5.41) is 9.89. The lowest BCUT2D eigenvalue weighted by Crippen LogP contribution is -2.30. The van der Waals surface area contributed by atoms with E-state index in [1.165, 1.54) is 0 Å². The van der Waals surface area contributed by atoms with Gasteiger partial charge in [0, 0.05) is 17.9 Å². The topological polar surface area (TPSA) is 62.4 Å². The van der Waals surface area contributed by atoms with Crippen LogP contribution < -0.4 is 20.7 Å². The normalized spacial score (nSPS) is 11.3. The van der Waals surface area contributed by atoms with Gasteiger partial charge in [-0.2, -0.15) is 0 Å². The van der Waals surface area contributed by atoms with Gasteiger partial charge in [0.1, 0.15) is 5.75 Å². The van der Waals surface area contributed by atoms with Gasteiger partial charge in [-0.3, -0.25) is 4.79 Å². The molecule has 0 aliphatic rings. The summed E-state index contributed by atoms with van der Waals surface area (Å²) in [5.41, 5.74) is 1.50. The van der Waals surface area contributed by atoms with Gasteiger partial charge in [0.2, 0.25) is 0 Å². The van der Waals surface area contributed by atoms with Crippen LogP contribution in [0.1, 0.15) is 13.8 Å². The molecule has 0 saturated heterocycles. The van der Waals surface area contributed by atoms with E-state index in [-0.39, 0.29) is 5.91 Å². The first-order chi connectivity index (χ1) is 12.0. The Hall–Kier alpha value is -2.31. The highest BCUT2D eigenvalue weighted by atomic mass is 35.5. The monoisotopic (exact) mass is 377 g/mol. The number of ether oxygens (including phenoxy) is 1. The van der Waals surface area contributed by atoms with Crippen LogP contribution in [-0.2, 0) is 4.79 Å². The van der Waals surface area contributed by atoms with E-state index >= 15 is 0 Å². The van der Waals surface area contributed by atoms with E-state index in [4.69, 9.17) is 28.6 Å². The Balaban J connectivity index is 1.91. The molecule has 1 amide bonds. The maximum Gasteiger partial charge on any atom is 0.265 e. The maximum atomic E-state index is 12.3. The molecule has 2 rings (SSSR count). The van der Waals surface area contributed by atoms with Crippen LogP contribution in [0.25, 0.3) is 0 Å². The Morgan fingerprint density at radius 1 is 1.12 bits per heavy atom. The summed E-state index contributed by atoms with van der Waals surface area (Å²) in [4.78, 5) is 12.3. The van der Waals surface area contributed by atoms with E-state index < -0.39 is 6.10 Å². The molecular weight excluding hydrogens is 358 g/mol. The number of hydrogen-bond donors (Lipinski definition) is 3. The first-order valence-corrected chi connectivity index (χ1v) is 8.65. The molecule has 0 aliphatic heterocycles. The average molecular weight is 378 g/mol. The standard InChI is InChI=1S/C18H20ClN3O2S/c1-3-20-18(25)22-14-10-8-13(9-11-14)21-17(23)12(2)24-16-7-5-4-6-15(16)19/h4-12H,3H2,1-2H3,(H,21,23)(H2,20,22,25). The summed E-state index contributed by atoms with van der Waals surface area (Å²) in [6, 6.07) is 14.3. The van der Waals surface area contributed by atoms with Crippen molar-refractivity contribution in [1.82, 2.24) is 5.32 Å². The van der Waals surface area contributed by atoms with Crippen molar-refractivity contribution in [2.24, 2.45) is 0 Å². The lowest BCUT2D eigenvalue weighted by molar-refractivity contribution is -0.122. The van der Waals surface area contributed by atoms with Gasteiger partial charge in [-0.05, 0) is 62.5 Å². The molecule has 0 bridgehead atoms. The first-order valence-electron chi connectivity index (χ1n) is 7.86. The number of anilines is 2. The summed E-state index contributed by atoms with van der Waals surface area (Å²) < 4.78 is 5.60.